The maximum absolute atomic E-state index is 10.2. The van der Waals surface area contributed by atoms with Gasteiger partial charge in [0.15, 0.2) is 0 Å². The summed E-state index contributed by atoms with van der Waals surface area (Å²) in [7, 11) is 0. The topological polar surface area (TPSA) is 61.8 Å². The zero-order valence-corrected chi connectivity index (χ0v) is 8.98. The molecule has 1 saturated heterocycles. The van der Waals surface area contributed by atoms with Gasteiger partial charge in [-0.25, -0.2) is 4.79 Å². The molecule has 0 aromatic rings. The van der Waals surface area contributed by atoms with Gasteiger partial charge in [0.2, 0.25) is 0 Å². The van der Waals surface area contributed by atoms with Crippen molar-refractivity contribution >= 4 is 5.97 Å². The third-order valence-electron chi connectivity index (χ3n) is 2.24. The highest BCUT2D eigenvalue weighted by Crippen LogP contribution is 1.98. The minimum atomic E-state index is -0.930. The largest absolute Gasteiger partial charge is 0.478 e. The second-order valence-electron chi connectivity index (χ2n) is 3.65. The van der Waals surface area contributed by atoms with Crippen molar-refractivity contribution in [2.24, 2.45) is 0 Å². The molecule has 5 heteroatoms. The number of carboxylic acids is 1. The molecule has 0 amide bonds. The Morgan fingerprint density at radius 1 is 1.60 bits per heavy atom. The van der Waals surface area contributed by atoms with E-state index in [2.05, 4.69) is 10.2 Å². The van der Waals surface area contributed by atoms with Crippen LogP contribution in [0.2, 0.25) is 0 Å². The quantitative estimate of drug-likeness (QED) is 0.626. The Kier molecular flexibility index (Phi) is 5.14. The van der Waals surface area contributed by atoms with E-state index in [-0.39, 0.29) is 6.04 Å². The summed E-state index contributed by atoms with van der Waals surface area (Å²) in [5.74, 6) is -0.930. The lowest BCUT2D eigenvalue weighted by Gasteiger charge is -2.29. The van der Waals surface area contributed by atoms with Crippen LogP contribution in [0.4, 0.5) is 0 Å². The number of ether oxygens (including phenoxy) is 1. The molecule has 1 fully saturated rings. The summed E-state index contributed by atoms with van der Waals surface area (Å²) in [6, 6.07) is 0.249. The average molecular weight is 214 g/mol. The van der Waals surface area contributed by atoms with Gasteiger partial charge in [0.25, 0.3) is 0 Å². The number of carbonyl (C=O) groups is 1. The molecule has 5 nitrogen and oxygen atoms in total. The van der Waals surface area contributed by atoms with E-state index in [0.717, 1.165) is 38.9 Å². The molecular formula is C10H18N2O3. The standard InChI is InChI=1S/C10H18N2O3/c1-9(11-3-2-10(13)14)8-12-4-6-15-7-5-12/h2-3,9,11H,4-8H2,1H3,(H,13,14)/b3-2+. The summed E-state index contributed by atoms with van der Waals surface area (Å²) >= 11 is 0. The number of nitrogens with zero attached hydrogens (tertiary/aromatic N) is 1. The fourth-order valence-corrected chi connectivity index (χ4v) is 1.51. The molecule has 15 heavy (non-hydrogen) atoms. The third-order valence-corrected chi connectivity index (χ3v) is 2.24. The predicted molar refractivity (Wildman–Crippen MR) is 56.6 cm³/mol. The van der Waals surface area contributed by atoms with Crippen LogP contribution < -0.4 is 5.32 Å². The number of hydrogen-bond acceptors (Lipinski definition) is 4. The van der Waals surface area contributed by atoms with Crippen LogP contribution in [0.1, 0.15) is 6.92 Å². The van der Waals surface area contributed by atoms with Crippen LogP contribution in [-0.2, 0) is 9.53 Å². The van der Waals surface area contributed by atoms with Gasteiger partial charge in [-0.05, 0) is 6.92 Å². The first-order valence-corrected chi connectivity index (χ1v) is 5.14. The Hall–Kier alpha value is -1.07. The van der Waals surface area contributed by atoms with Gasteiger partial charge >= 0.3 is 5.97 Å². The predicted octanol–water partition coefficient (Wildman–Crippen LogP) is -0.105. The van der Waals surface area contributed by atoms with Gasteiger partial charge < -0.3 is 15.2 Å². The number of aliphatic carboxylic acids is 1. The lowest BCUT2D eigenvalue weighted by Crippen LogP contribution is -2.43. The van der Waals surface area contributed by atoms with E-state index in [9.17, 15) is 4.79 Å². The molecule has 0 aromatic heterocycles. The molecule has 1 rings (SSSR count). The van der Waals surface area contributed by atoms with Crippen molar-refractivity contribution in [3.8, 4) is 0 Å². The Morgan fingerprint density at radius 2 is 2.27 bits per heavy atom. The van der Waals surface area contributed by atoms with Crippen LogP contribution in [0.3, 0.4) is 0 Å². The first-order chi connectivity index (χ1) is 7.18. The molecule has 1 unspecified atom stereocenters. The molecule has 0 saturated carbocycles. The number of rotatable bonds is 5. The summed E-state index contributed by atoms with van der Waals surface area (Å²) < 4.78 is 5.24. The Morgan fingerprint density at radius 3 is 2.87 bits per heavy atom. The Bertz CT molecular complexity index is 225. The molecule has 1 aliphatic heterocycles. The second kappa shape index (κ2) is 6.42. The normalized spacial score (nSPS) is 20.3. The van der Waals surface area contributed by atoms with E-state index >= 15 is 0 Å². The van der Waals surface area contributed by atoms with E-state index in [1.807, 2.05) is 6.92 Å². The molecular weight excluding hydrogens is 196 g/mol. The van der Waals surface area contributed by atoms with Crippen LogP contribution in [0.25, 0.3) is 0 Å². The highest BCUT2D eigenvalue weighted by Gasteiger charge is 2.12. The second-order valence-corrected chi connectivity index (χ2v) is 3.65. The van der Waals surface area contributed by atoms with E-state index < -0.39 is 5.97 Å². The van der Waals surface area contributed by atoms with E-state index in [1.165, 1.54) is 6.20 Å². The molecule has 0 aliphatic carbocycles. The maximum Gasteiger partial charge on any atom is 0.329 e. The fraction of sp³-hybridized carbons (Fsp3) is 0.700. The SMILES string of the molecule is CC(CN1CCOCC1)N/C=C/C(=O)O. The summed E-state index contributed by atoms with van der Waals surface area (Å²) in [6.45, 7) is 6.42. The lowest BCUT2D eigenvalue weighted by atomic mass is 10.3. The maximum atomic E-state index is 10.2. The van der Waals surface area contributed by atoms with Gasteiger partial charge in [-0.3, -0.25) is 4.90 Å². The minimum Gasteiger partial charge on any atom is -0.478 e. The third kappa shape index (κ3) is 5.39. The fourth-order valence-electron chi connectivity index (χ4n) is 1.51. The van der Waals surface area contributed by atoms with E-state index in [0.29, 0.717) is 0 Å². The van der Waals surface area contributed by atoms with Gasteiger partial charge in [0.05, 0.1) is 13.2 Å². The lowest BCUT2D eigenvalue weighted by molar-refractivity contribution is -0.131. The highest BCUT2D eigenvalue weighted by molar-refractivity contribution is 5.79. The average Bonchev–Trinajstić information content (AvgIpc) is 2.18. The summed E-state index contributed by atoms with van der Waals surface area (Å²) in [5.41, 5.74) is 0. The number of nitrogens with one attached hydrogen (secondary N) is 1. The Labute approximate surface area is 89.7 Å². The van der Waals surface area contributed by atoms with Crippen molar-refractivity contribution in [2.75, 3.05) is 32.8 Å². The zero-order valence-electron chi connectivity index (χ0n) is 8.98. The van der Waals surface area contributed by atoms with Crippen LogP contribution in [-0.4, -0.2) is 54.9 Å². The van der Waals surface area contributed by atoms with Gasteiger partial charge in [-0.15, -0.1) is 0 Å². The minimum absolute atomic E-state index is 0.249. The van der Waals surface area contributed by atoms with Crippen LogP contribution in [0.15, 0.2) is 12.3 Å². The van der Waals surface area contributed by atoms with E-state index in [4.69, 9.17) is 9.84 Å². The molecule has 1 atom stereocenters. The smallest absolute Gasteiger partial charge is 0.329 e. The summed E-state index contributed by atoms with van der Waals surface area (Å²) in [5, 5.41) is 11.4. The van der Waals surface area contributed by atoms with E-state index in [1.54, 1.807) is 0 Å². The molecule has 0 radical (unpaired) electrons. The van der Waals surface area contributed by atoms with Crippen molar-refractivity contribution in [1.29, 1.82) is 0 Å². The van der Waals surface area contributed by atoms with Crippen molar-refractivity contribution in [2.45, 2.75) is 13.0 Å². The van der Waals surface area contributed by atoms with Crippen LogP contribution in [0.5, 0.6) is 0 Å². The van der Waals surface area contributed by atoms with Crippen molar-refractivity contribution in [3.05, 3.63) is 12.3 Å². The monoisotopic (exact) mass is 214 g/mol. The molecule has 1 heterocycles. The van der Waals surface area contributed by atoms with Gasteiger partial charge in [-0.1, -0.05) is 0 Å². The number of carboxylic acid groups (broad SMARTS) is 1. The van der Waals surface area contributed by atoms with Crippen LogP contribution in [0, 0.1) is 0 Å². The molecule has 2 N–H and O–H groups in total. The molecule has 0 spiro atoms. The summed E-state index contributed by atoms with van der Waals surface area (Å²) in [6.07, 6.45) is 2.59. The zero-order chi connectivity index (χ0) is 11.1. The van der Waals surface area contributed by atoms with Gasteiger partial charge in [-0.2, -0.15) is 0 Å². The first kappa shape index (κ1) is 12.0. The van der Waals surface area contributed by atoms with Crippen molar-refractivity contribution < 1.29 is 14.6 Å². The summed E-state index contributed by atoms with van der Waals surface area (Å²) in [4.78, 5) is 12.5. The highest BCUT2D eigenvalue weighted by atomic mass is 16.5. The van der Waals surface area contributed by atoms with Gasteiger partial charge in [0.1, 0.15) is 0 Å². The Balaban J connectivity index is 2.16. The molecule has 86 valence electrons. The van der Waals surface area contributed by atoms with Gasteiger partial charge in [0, 0.05) is 38.0 Å². The number of morpholine rings is 1. The van der Waals surface area contributed by atoms with Crippen LogP contribution >= 0.6 is 0 Å². The number of hydrogen-bond donors (Lipinski definition) is 2. The molecule has 1 aliphatic rings. The van der Waals surface area contributed by atoms with Crippen molar-refractivity contribution in [3.63, 3.8) is 0 Å². The molecule has 0 aromatic carbocycles. The van der Waals surface area contributed by atoms with Crippen molar-refractivity contribution in [1.82, 2.24) is 10.2 Å². The first-order valence-electron chi connectivity index (χ1n) is 5.14. The molecule has 0 bridgehead atoms.